The van der Waals surface area contributed by atoms with Gasteiger partial charge in [-0.1, -0.05) is 79.2 Å². The molecule has 1 aromatic carbocycles. The van der Waals surface area contributed by atoms with Crippen molar-refractivity contribution >= 4 is 81.2 Å². The Bertz CT molecular complexity index is 1460. The molecule has 0 aliphatic carbocycles. The van der Waals surface area contributed by atoms with Crippen LogP contribution >= 0.6 is 63.7 Å². The normalized spacial score (nSPS) is 19.1. The van der Waals surface area contributed by atoms with Crippen LogP contribution in [0.15, 0.2) is 59.4 Å². The van der Waals surface area contributed by atoms with Crippen molar-refractivity contribution in [1.82, 2.24) is 10.6 Å². The van der Waals surface area contributed by atoms with Crippen molar-refractivity contribution in [2.45, 2.75) is 115 Å². The van der Waals surface area contributed by atoms with Crippen LogP contribution in [0, 0.1) is 5.92 Å². The first-order valence-corrected chi connectivity index (χ1v) is 21.5. The van der Waals surface area contributed by atoms with Gasteiger partial charge in [0.05, 0.1) is 39.7 Å². The maximum absolute atomic E-state index is 12.8. The van der Waals surface area contributed by atoms with Gasteiger partial charge in [-0.25, -0.2) is 0 Å². The summed E-state index contributed by atoms with van der Waals surface area (Å²) in [4.78, 5) is 30.6. The van der Waals surface area contributed by atoms with Gasteiger partial charge in [0, 0.05) is 24.0 Å². The molecule has 53 heavy (non-hydrogen) atoms. The lowest BCUT2D eigenvalue weighted by Crippen LogP contribution is -2.49. The Balaban J connectivity index is 1.29. The lowest BCUT2D eigenvalue weighted by Gasteiger charge is -2.27. The third-order valence-electron chi connectivity index (χ3n) is 8.73. The summed E-state index contributed by atoms with van der Waals surface area (Å²) >= 11 is 13.8. The van der Waals surface area contributed by atoms with E-state index in [-0.39, 0.29) is 37.7 Å². The average molecular weight is 999 g/mol. The van der Waals surface area contributed by atoms with Crippen LogP contribution in [0.4, 0.5) is 0 Å². The second kappa shape index (κ2) is 23.9. The van der Waals surface area contributed by atoms with Crippen molar-refractivity contribution in [2.24, 2.45) is 11.1 Å². The van der Waals surface area contributed by atoms with E-state index < -0.39 is 23.9 Å². The highest BCUT2D eigenvalue weighted by Crippen LogP contribution is 2.41. The number of aliphatic hydroxyl groups is 2. The van der Waals surface area contributed by atoms with Crippen LogP contribution in [-0.2, 0) is 23.9 Å². The molecular weight excluding hydrogens is 946 g/mol. The Morgan fingerprint density at radius 1 is 1.00 bits per heavy atom. The first kappa shape index (κ1) is 45.5. The smallest absolute Gasteiger partial charge is 0.311 e. The van der Waals surface area contributed by atoms with Gasteiger partial charge >= 0.3 is 5.79 Å². The third kappa shape index (κ3) is 14.9. The predicted octanol–water partition coefficient (Wildman–Crippen LogP) is 9.10. The zero-order valence-corrected chi connectivity index (χ0v) is 37.1. The number of methoxy groups -OCH3 is 1. The summed E-state index contributed by atoms with van der Waals surface area (Å²) in [5.41, 5.74) is 0.409. The fourth-order valence-electron chi connectivity index (χ4n) is 5.70. The van der Waals surface area contributed by atoms with Crippen LogP contribution < -0.4 is 15.4 Å². The highest BCUT2D eigenvalue weighted by Gasteiger charge is 2.54. The standard InChI is InChI=1S/C38H53Br4N3O8/c1-25(2)16-13-11-9-7-5-4-6-8-10-12-14-17-32(47)44-23-31(46)26-20-27(39)35(28(40)21-26)51-19-15-18-43-37(49)33-36(48)38(53-45-33)22-29(41)34(50-3)30(42)24-52-38/h7,9,20-21,24-25,31,36,46,48H,4-6,8,10-19,22-23H2,1-3H3,(H,43,49)(H,44,47)/t31-,36-,38-/m0/s1. The van der Waals surface area contributed by atoms with E-state index in [4.69, 9.17) is 19.0 Å². The van der Waals surface area contributed by atoms with E-state index in [9.17, 15) is 19.8 Å². The molecule has 2 aliphatic heterocycles. The highest BCUT2D eigenvalue weighted by atomic mass is 79.9. The predicted molar refractivity (Wildman–Crippen MR) is 221 cm³/mol. The summed E-state index contributed by atoms with van der Waals surface area (Å²) in [6, 6.07) is 3.51. The van der Waals surface area contributed by atoms with E-state index in [1.54, 1.807) is 12.1 Å². The molecule has 0 radical (unpaired) electrons. The van der Waals surface area contributed by atoms with Crippen LogP contribution in [0.5, 0.6) is 5.75 Å². The van der Waals surface area contributed by atoms with Crippen LogP contribution in [0.3, 0.4) is 0 Å². The number of oxime groups is 1. The number of nitrogens with zero attached hydrogens (tertiary/aromatic N) is 1. The van der Waals surface area contributed by atoms with Crippen molar-refractivity contribution in [2.75, 3.05) is 26.8 Å². The Morgan fingerprint density at radius 2 is 1.66 bits per heavy atom. The summed E-state index contributed by atoms with van der Waals surface area (Å²) < 4.78 is 19.3. The van der Waals surface area contributed by atoms with Crippen LogP contribution in [0.1, 0.15) is 109 Å². The molecule has 0 bridgehead atoms. The van der Waals surface area contributed by atoms with Gasteiger partial charge in [-0.15, -0.1) is 0 Å². The lowest BCUT2D eigenvalue weighted by molar-refractivity contribution is -0.225. The number of benzene rings is 1. The monoisotopic (exact) mass is 995 g/mol. The number of carbonyl (C=O) groups is 2. The molecule has 0 unspecified atom stereocenters. The van der Waals surface area contributed by atoms with Gasteiger partial charge in [0.2, 0.25) is 5.91 Å². The number of nitrogens with one attached hydrogen (secondary N) is 2. The molecule has 2 aliphatic rings. The number of unbranched alkanes of at least 4 members (excludes halogenated alkanes) is 7. The van der Waals surface area contributed by atoms with E-state index in [2.05, 4.69) is 106 Å². The molecule has 0 aromatic heterocycles. The highest BCUT2D eigenvalue weighted by molar-refractivity contribution is 9.12. The molecule has 3 atom stereocenters. The Hall–Kier alpha value is -1.91. The molecule has 1 aromatic rings. The Morgan fingerprint density at radius 3 is 2.34 bits per heavy atom. The maximum Gasteiger partial charge on any atom is 0.311 e. The Labute approximate surface area is 347 Å². The second-order valence-electron chi connectivity index (χ2n) is 13.5. The van der Waals surface area contributed by atoms with Crippen molar-refractivity contribution < 1.29 is 38.9 Å². The van der Waals surface area contributed by atoms with Crippen LogP contribution in [0.2, 0.25) is 0 Å². The van der Waals surface area contributed by atoms with Crippen molar-refractivity contribution in [1.29, 1.82) is 0 Å². The van der Waals surface area contributed by atoms with E-state index in [0.29, 0.717) is 47.8 Å². The van der Waals surface area contributed by atoms with E-state index >= 15 is 0 Å². The molecule has 0 saturated carbocycles. The largest absolute Gasteiger partial charge is 0.495 e. The zero-order chi connectivity index (χ0) is 38.8. The van der Waals surface area contributed by atoms with Gasteiger partial charge in [0.25, 0.3) is 5.91 Å². The third-order valence-corrected chi connectivity index (χ3v) is 11.1. The average Bonchev–Trinajstić information content (AvgIpc) is 3.36. The van der Waals surface area contributed by atoms with Gasteiger partial charge in [0.15, 0.2) is 11.8 Å². The van der Waals surface area contributed by atoms with Crippen LogP contribution in [0.25, 0.3) is 0 Å². The van der Waals surface area contributed by atoms with Gasteiger partial charge in [-0.3, -0.25) is 9.59 Å². The molecule has 4 N–H and O–H groups in total. The summed E-state index contributed by atoms with van der Waals surface area (Å²) in [7, 11) is 1.50. The van der Waals surface area contributed by atoms with Gasteiger partial charge in [0.1, 0.15) is 17.8 Å². The first-order chi connectivity index (χ1) is 25.4. The lowest BCUT2D eigenvalue weighted by atomic mass is 10.0. The van der Waals surface area contributed by atoms with Gasteiger partial charge in [-0.05, 0) is 110 Å². The number of hydrogen-bond donors (Lipinski definition) is 4. The maximum atomic E-state index is 12.8. The molecule has 296 valence electrons. The number of hydrogen-bond acceptors (Lipinski definition) is 9. The van der Waals surface area contributed by atoms with Crippen molar-refractivity contribution in [3.63, 3.8) is 0 Å². The van der Waals surface area contributed by atoms with Gasteiger partial charge in [-0.2, -0.15) is 0 Å². The fraction of sp³-hybridized carbons (Fsp3) is 0.605. The number of halogens is 4. The quantitative estimate of drug-likeness (QED) is 0.0628. The molecule has 0 saturated heterocycles. The summed E-state index contributed by atoms with van der Waals surface area (Å²) in [5, 5.41) is 31.0. The van der Waals surface area contributed by atoms with Crippen molar-refractivity contribution in [3.05, 3.63) is 59.8 Å². The van der Waals surface area contributed by atoms with E-state index in [1.807, 2.05) is 0 Å². The molecule has 15 heteroatoms. The summed E-state index contributed by atoms with van der Waals surface area (Å²) in [6.07, 6.45) is 16.1. The number of ether oxygens (including phenoxy) is 3. The molecule has 3 rings (SSSR count). The Kier molecular flexibility index (Phi) is 20.5. The number of amides is 2. The minimum atomic E-state index is -1.62. The van der Waals surface area contributed by atoms with Gasteiger partial charge < -0.3 is 39.9 Å². The molecule has 11 nitrogen and oxygen atoms in total. The van der Waals surface area contributed by atoms with E-state index in [1.165, 1.54) is 51.9 Å². The van der Waals surface area contributed by atoms with E-state index in [0.717, 1.165) is 31.6 Å². The minimum absolute atomic E-state index is 0.0448. The second-order valence-corrected chi connectivity index (χ2v) is 17.0. The molecule has 0 fully saturated rings. The summed E-state index contributed by atoms with van der Waals surface area (Å²) in [5.74, 6) is -0.495. The van der Waals surface area contributed by atoms with Crippen LogP contribution in [-0.4, -0.2) is 66.4 Å². The number of carbonyl (C=O) groups excluding carboxylic acids is 2. The molecule has 1 spiro atoms. The number of rotatable bonds is 23. The fourth-order valence-corrected chi connectivity index (χ4v) is 8.67. The van der Waals surface area contributed by atoms with Crippen molar-refractivity contribution in [3.8, 4) is 5.75 Å². The SMILES string of the molecule is COC1=C(Br)C[C@]2(OC=C1Br)ON=C(C(=O)NCCCOc1c(Br)cc([C@@H](O)CNC(=O)CCCCCCCCC=CCCCC(C)C)cc1Br)[C@@H]2O. The summed E-state index contributed by atoms with van der Waals surface area (Å²) in [6.45, 7) is 5.15. The molecule has 2 heterocycles. The number of aliphatic hydroxyl groups excluding tert-OH is 2. The topological polar surface area (TPSA) is 148 Å². The first-order valence-electron chi connectivity index (χ1n) is 18.3. The number of allylic oxidation sites excluding steroid dienone is 3. The minimum Gasteiger partial charge on any atom is -0.495 e. The molecular formula is C38H53Br4N3O8. The zero-order valence-electron chi connectivity index (χ0n) is 30.7. The molecule has 2 amide bonds.